The molecule has 0 radical (unpaired) electrons. The second-order valence-corrected chi connectivity index (χ2v) is 5.11. The maximum Gasteiger partial charge on any atom is 0.232 e. The third-order valence-electron chi connectivity index (χ3n) is 3.03. The van der Waals surface area contributed by atoms with Crippen LogP contribution in [0.5, 0.6) is 0 Å². The predicted octanol–water partition coefficient (Wildman–Crippen LogP) is 1.39. The molecule has 0 saturated carbocycles. The van der Waals surface area contributed by atoms with E-state index in [1.54, 1.807) is 25.1 Å². The Balaban J connectivity index is 2.11. The van der Waals surface area contributed by atoms with Crippen LogP contribution in [0.25, 0.3) is 0 Å². The summed E-state index contributed by atoms with van der Waals surface area (Å²) in [5.41, 5.74) is 5.90. The van der Waals surface area contributed by atoms with Gasteiger partial charge in [-0.15, -0.1) is 0 Å². The Kier molecular flexibility index (Phi) is 3.17. The molecule has 6 heteroatoms. The monoisotopic (exact) mass is 267 g/mol. The second-order valence-electron chi connectivity index (χ2n) is 4.70. The zero-order valence-corrected chi connectivity index (χ0v) is 10.7. The largest absolute Gasteiger partial charge is 0.398 e. The topological polar surface area (TPSA) is 84.2 Å². The number of nitrogen functional groups attached to an aromatic ring is 1. The predicted molar refractivity (Wildman–Crippen MR) is 70.2 cm³/mol. The average molecular weight is 268 g/mol. The van der Waals surface area contributed by atoms with E-state index in [4.69, 9.17) is 17.3 Å². The van der Waals surface area contributed by atoms with Gasteiger partial charge in [0.15, 0.2) is 0 Å². The minimum Gasteiger partial charge on any atom is -0.398 e. The number of anilines is 2. The summed E-state index contributed by atoms with van der Waals surface area (Å²) >= 11 is 5.87. The summed E-state index contributed by atoms with van der Waals surface area (Å²) in [5.74, 6) is -0.315. The first-order chi connectivity index (χ1) is 8.40. The minimum absolute atomic E-state index is 0.108. The van der Waals surface area contributed by atoms with Crippen molar-refractivity contribution in [2.75, 3.05) is 17.6 Å². The van der Waals surface area contributed by atoms with Crippen molar-refractivity contribution in [2.24, 2.45) is 5.41 Å². The van der Waals surface area contributed by atoms with Crippen molar-refractivity contribution in [3.63, 3.8) is 0 Å². The number of hydrogen-bond donors (Lipinski definition) is 3. The van der Waals surface area contributed by atoms with E-state index in [-0.39, 0.29) is 18.2 Å². The van der Waals surface area contributed by atoms with Crippen LogP contribution in [0.15, 0.2) is 18.2 Å². The Labute approximate surface area is 110 Å². The van der Waals surface area contributed by atoms with Crippen LogP contribution in [0.3, 0.4) is 0 Å². The molecule has 0 spiro atoms. The second kappa shape index (κ2) is 4.49. The fourth-order valence-electron chi connectivity index (χ4n) is 1.82. The smallest absolute Gasteiger partial charge is 0.232 e. The summed E-state index contributed by atoms with van der Waals surface area (Å²) in [6.07, 6.45) is 0.196. The molecule has 5 nitrogen and oxygen atoms in total. The van der Waals surface area contributed by atoms with E-state index in [1.807, 2.05) is 0 Å². The summed E-state index contributed by atoms with van der Waals surface area (Å²) in [4.78, 5) is 23.3. The van der Waals surface area contributed by atoms with Gasteiger partial charge in [0.1, 0.15) is 0 Å². The van der Waals surface area contributed by atoms with Crippen LogP contribution in [0.1, 0.15) is 13.3 Å². The number of nitrogens with two attached hydrogens (primary N) is 1. The number of carbonyl (C=O) groups excluding carboxylic acids is 2. The highest BCUT2D eigenvalue weighted by Crippen LogP contribution is 2.28. The maximum absolute atomic E-state index is 12.1. The van der Waals surface area contributed by atoms with Crippen molar-refractivity contribution in [2.45, 2.75) is 13.3 Å². The molecule has 4 N–H and O–H groups in total. The number of hydrogen-bond acceptors (Lipinski definition) is 3. The number of benzene rings is 1. The van der Waals surface area contributed by atoms with Crippen molar-refractivity contribution >= 4 is 34.8 Å². The SMILES string of the molecule is CC1(C(=O)Nc2ccc(N)c(Cl)c2)CNC(=O)C1. The molecule has 0 aromatic heterocycles. The fraction of sp³-hybridized carbons (Fsp3) is 0.333. The molecule has 0 aliphatic carbocycles. The van der Waals surface area contributed by atoms with Crippen LogP contribution in [-0.4, -0.2) is 18.4 Å². The van der Waals surface area contributed by atoms with Crippen LogP contribution in [0.2, 0.25) is 5.02 Å². The van der Waals surface area contributed by atoms with Crippen molar-refractivity contribution < 1.29 is 9.59 Å². The normalized spacial score (nSPS) is 22.7. The highest BCUT2D eigenvalue weighted by Gasteiger charge is 2.40. The summed E-state index contributed by atoms with van der Waals surface area (Å²) < 4.78 is 0. The number of rotatable bonds is 2. The van der Waals surface area contributed by atoms with Gasteiger partial charge in [0, 0.05) is 18.7 Å². The van der Waals surface area contributed by atoms with Crippen LogP contribution in [0, 0.1) is 5.41 Å². The van der Waals surface area contributed by atoms with Gasteiger partial charge >= 0.3 is 0 Å². The Hall–Kier alpha value is -1.75. The van der Waals surface area contributed by atoms with E-state index in [0.29, 0.717) is 22.9 Å². The Bertz CT molecular complexity index is 518. The molecular formula is C12H14ClN3O2. The number of carbonyl (C=O) groups is 2. The molecule has 96 valence electrons. The molecule has 1 saturated heterocycles. The lowest BCUT2D eigenvalue weighted by Crippen LogP contribution is -2.35. The third-order valence-corrected chi connectivity index (χ3v) is 3.36. The number of halogens is 1. The van der Waals surface area contributed by atoms with Gasteiger partial charge in [0.05, 0.1) is 16.1 Å². The molecular weight excluding hydrogens is 254 g/mol. The van der Waals surface area contributed by atoms with Gasteiger partial charge in [-0.1, -0.05) is 11.6 Å². The van der Waals surface area contributed by atoms with E-state index in [2.05, 4.69) is 10.6 Å². The standard InChI is InChI=1S/C12H14ClN3O2/c1-12(5-10(17)15-6-12)11(18)16-7-2-3-9(14)8(13)4-7/h2-4H,5-6,14H2,1H3,(H,15,17)(H,16,18). The molecule has 2 amide bonds. The number of nitrogens with one attached hydrogen (secondary N) is 2. The highest BCUT2D eigenvalue weighted by molar-refractivity contribution is 6.33. The summed E-state index contributed by atoms with van der Waals surface area (Å²) in [6.45, 7) is 2.10. The van der Waals surface area contributed by atoms with Crippen LogP contribution in [0.4, 0.5) is 11.4 Å². The molecule has 18 heavy (non-hydrogen) atoms. The molecule has 1 unspecified atom stereocenters. The zero-order valence-electron chi connectivity index (χ0n) is 9.92. The van der Waals surface area contributed by atoms with Gasteiger partial charge in [-0.3, -0.25) is 9.59 Å². The van der Waals surface area contributed by atoms with Crippen LogP contribution < -0.4 is 16.4 Å². The van der Waals surface area contributed by atoms with Gasteiger partial charge in [-0.05, 0) is 25.1 Å². The van der Waals surface area contributed by atoms with Gasteiger partial charge in [0.2, 0.25) is 11.8 Å². The van der Waals surface area contributed by atoms with Gasteiger partial charge < -0.3 is 16.4 Å². The van der Waals surface area contributed by atoms with Crippen LogP contribution >= 0.6 is 11.6 Å². The van der Waals surface area contributed by atoms with Crippen molar-refractivity contribution in [3.8, 4) is 0 Å². The van der Waals surface area contributed by atoms with E-state index < -0.39 is 5.41 Å². The van der Waals surface area contributed by atoms with E-state index in [0.717, 1.165) is 0 Å². The first-order valence-electron chi connectivity index (χ1n) is 5.54. The zero-order chi connectivity index (χ0) is 13.3. The first kappa shape index (κ1) is 12.7. The number of amides is 2. The summed E-state index contributed by atoms with van der Waals surface area (Å²) in [6, 6.07) is 4.88. The van der Waals surface area contributed by atoms with Crippen molar-refractivity contribution in [1.29, 1.82) is 0 Å². The lowest BCUT2D eigenvalue weighted by Gasteiger charge is -2.20. The summed E-state index contributed by atoms with van der Waals surface area (Å²) in [5, 5.41) is 5.78. The quantitative estimate of drug-likeness (QED) is 0.708. The van der Waals surface area contributed by atoms with Crippen LogP contribution in [-0.2, 0) is 9.59 Å². The lowest BCUT2D eigenvalue weighted by atomic mass is 9.88. The molecule has 1 aliphatic rings. The molecule has 2 rings (SSSR count). The van der Waals surface area contributed by atoms with Gasteiger partial charge in [-0.25, -0.2) is 0 Å². The molecule has 1 aromatic rings. The molecule has 1 heterocycles. The van der Waals surface area contributed by atoms with Crippen molar-refractivity contribution in [3.05, 3.63) is 23.2 Å². The van der Waals surface area contributed by atoms with E-state index in [1.165, 1.54) is 0 Å². The van der Waals surface area contributed by atoms with Crippen molar-refractivity contribution in [1.82, 2.24) is 5.32 Å². The molecule has 0 bridgehead atoms. The molecule has 1 aromatic carbocycles. The maximum atomic E-state index is 12.1. The summed E-state index contributed by atoms with van der Waals surface area (Å²) in [7, 11) is 0. The Morgan fingerprint density at radius 1 is 1.56 bits per heavy atom. The third kappa shape index (κ3) is 2.41. The molecule has 1 fully saturated rings. The first-order valence-corrected chi connectivity index (χ1v) is 5.92. The van der Waals surface area contributed by atoms with Gasteiger partial charge in [0.25, 0.3) is 0 Å². The Morgan fingerprint density at radius 3 is 2.83 bits per heavy atom. The van der Waals surface area contributed by atoms with E-state index in [9.17, 15) is 9.59 Å². The molecule has 1 aliphatic heterocycles. The molecule has 1 atom stereocenters. The van der Waals surface area contributed by atoms with Gasteiger partial charge in [-0.2, -0.15) is 0 Å². The Morgan fingerprint density at radius 2 is 2.28 bits per heavy atom. The highest BCUT2D eigenvalue weighted by atomic mass is 35.5. The fourth-order valence-corrected chi connectivity index (χ4v) is 2.00. The minimum atomic E-state index is -0.717. The van der Waals surface area contributed by atoms with E-state index >= 15 is 0 Å². The average Bonchev–Trinajstić information content (AvgIpc) is 2.65. The lowest BCUT2D eigenvalue weighted by molar-refractivity contribution is -0.126.